The van der Waals surface area contributed by atoms with Gasteiger partial charge in [0.05, 0.1) is 0 Å². The largest absolute Gasteiger partial charge is 0.355 e. The van der Waals surface area contributed by atoms with Gasteiger partial charge in [-0.1, -0.05) is 6.92 Å². The van der Waals surface area contributed by atoms with Crippen molar-refractivity contribution in [3.63, 3.8) is 0 Å². The number of benzene rings is 1. The van der Waals surface area contributed by atoms with Crippen LogP contribution < -0.4 is 16.0 Å². The fraction of sp³-hybridized carbons (Fsp3) is 0.500. The van der Waals surface area contributed by atoms with Crippen LogP contribution in [0.3, 0.4) is 0 Å². The quantitative estimate of drug-likeness (QED) is 0.598. The van der Waals surface area contributed by atoms with Crippen LogP contribution in [0.5, 0.6) is 0 Å². The Bertz CT molecular complexity index is 483. The molecule has 130 valence electrons. The fourth-order valence-electron chi connectivity index (χ4n) is 1.93. The normalized spacial score (nSPS) is 11.3. The van der Waals surface area contributed by atoms with E-state index in [-0.39, 0.29) is 36.1 Å². The van der Waals surface area contributed by atoms with E-state index in [0.29, 0.717) is 31.5 Å². The molecule has 7 heteroatoms. The summed E-state index contributed by atoms with van der Waals surface area (Å²) in [7, 11) is 0. The molecule has 1 aromatic carbocycles. The molecule has 0 heterocycles. The van der Waals surface area contributed by atoms with E-state index < -0.39 is 0 Å². The van der Waals surface area contributed by atoms with E-state index in [1.54, 1.807) is 0 Å². The lowest BCUT2D eigenvalue weighted by Gasteiger charge is -2.13. The van der Waals surface area contributed by atoms with Crippen molar-refractivity contribution in [3.05, 3.63) is 35.6 Å². The van der Waals surface area contributed by atoms with Gasteiger partial charge in [0.15, 0.2) is 0 Å². The zero-order valence-corrected chi connectivity index (χ0v) is 14.3. The number of rotatable bonds is 9. The zero-order valence-electron chi connectivity index (χ0n) is 13.5. The van der Waals surface area contributed by atoms with Crippen LogP contribution in [0.1, 0.15) is 37.0 Å². The highest BCUT2D eigenvalue weighted by Crippen LogP contribution is 2.02. The lowest BCUT2D eigenvalue weighted by molar-refractivity contribution is -0.121. The van der Waals surface area contributed by atoms with Gasteiger partial charge >= 0.3 is 0 Å². The standard InChI is InChI=1S/C16H24FN3O2.ClH/c1-3-18-12(2)11-20-15(21)5-4-10-19-16(22)13-6-8-14(17)9-7-13;/h6-9,12,18H,3-5,10-11H2,1-2H3,(H,19,22)(H,20,21);1H/t12-;/m1./s1. The van der Waals surface area contributed by atoms with Crippen molar-refractivity contribution in [1.29, 1.82) is 0 Å². The maximum Gasteiger partial charge on any atom is 0.251 e. The number of halogens is 2. The van der Waals surface area contributed by atoms with Crippen molar-refractivity contribution in [3.8, 4) is 0 Å². The maximum atomic E-state index is 12.7. The lowest BCUT2D eigenvalue weighted by Crippen LogP contribution is -2.39. The Balaban J connectivity index is 0.00000484. The van der Waals surface area contributed by atoms with Crippen LogP contribution in [-0.4, -0.2) is 37.5 Å². The Labute approximate surface area is 142 Å². The van der Waals surface area contributed by atoms with Gasteiger partial charge in [0, 0.05) is 31.1 Å². The third kappa shape index (κ3) is 9.15. The van der Waals surface area contributed by atoms with Crippen molar-refractivity contribution >= 4 is 24.2 Å². The number of nitrogens with one attached hydrogen (secondary N) is 3. The average molecular weight is 346 g/mol. The van der Waals surface area contributed by atoms with Crippen LogP contribution in [0, 0.1) is 5.82 Å². The molecule has 0 aliphatic rings. The second kappa shape index (κ2) is 11.8. The van der Waals surface area contributed by atoms with E-state index in [0.717, 1.165) is 6.54 Å². The molecule has 1 atom stereocenters. The molecule has 1 aromatic rings. The van der Waals surface area contributed by atoms with Crippen molar-refractivity contribution in [2.45, 2.75) is 32.7 Å². The van der Waals surface area contributed by atoms with Gasteiger partial charge in [0.25, 0.3) is 5.91 Å². The first kappa shape index (κ1) is 21.3. The molecule has 0 aliphatic heterocycles. The number of amides is 2. The van der Waals surface area contributed by atoms with Gasteiger partial charge in [-0.2, -0.15) is 0 Å². The van der Waals surface area contributed by atoms with Gasteiger partial charge in [-0.05, 0) is 44.2 Å². The summed E-state index contributed by atoms with van der Waals surface area (Å²) in [5, 5.41) is 8.75. The molecule has 0 spiro atoms. The van der Waals surface area contributed by atoms with Crippen LogP contribution in [0.25, 0.3) is 0 Å². The topological polar surface area (TPSA) is 70.2 Å². The summed E-state index contributed by atoms with van der Waals surface area (Å²) in [6.07, 6.45) is 0.927. The second-order valence-corrected chi connectivity index (χ2v) is 5.13. The highest BCUT2D eigenvalue weighted by atomic mass is 35.5. The summed E-state index contributed by atoms with van der Waals surface area (Å²) < 4.78 is 12.7. The molecule has 1 rings (SSSR count). The molecule has 0 unspecified atom stereocenters. The molecule has 0 aromatic heterocycles. The molecule has 0 aliphatic carbocycles. The van der Waals surface area contributed by atoms with Crippen molar-refractivity contribution in [2.75, 3.05) is 19.6 Å². The molecule has 0 fully saturated rings. The second-order valence-electron chi connectivity index (χ2n) is 5.13. The SMILES string of the molecule is CCN[C@H](C)CNC(=O)CCCNC(=O)c1ccc(F)cc1.Cl. The highest BCUT2D eigenvalue weighted by molar-refractivity contribution is 5.94. The van der Waals surface area contributed by atoms with Gasteiger partial charge in [0.1, 0.15) is 5.82 Å². The predicted octanol–water partition coefficient (Wildman–Crippen LogP) is 1.87. The van der Waals surface area contributed by atoms with Crippen molar-refractivity contribution < 1.29 is 14.0 Å². The first-order valence-corrected chi connectivity index (χ1v) is 7.56. The summed E-state index contributed by atoms with van der Waals surface area (Å²) in [5.74, 6) is -0.665. The number of carbonyl (C=O) groups excluding carboxylic acids is 2. The Morgan fingerprint density at radius 2 is 1.83 bits per heavy atom. The van der Waals surface area contributed by atoms with Gasteiger partial charge in [-0.25, -0.2) is 4.39 Å². The van der Waals surface area contributed by atoms with E-state index in [4.69, 9.17) is 0 Å². The van der Waals surface area contributed by atoms with Gasteiger partial charge in [-0.15, -0.1) is 12.4 Å². The van der Waals surface area contributed by atoms with Crippen LogP contribution in [-0.2, 0) is 4.79 Å². The number of likely N-dealkylation sites (N-methyl/N-ethyl adjacent to an activating group) is 1. The summed E-state index contributed by atoms with van der Waals surface area (Å²) in [5.41, 5.74) is 0.408. The molecule has 3 N–H and O–H groups in total. The molecule has 0 bridgehead atoms. The third-order valence-electron chi connectivity index (χ3n) is 3.13. The zero-order chi connectivity index (χ0) is 16.4. The van der Waals surface area contributed by atoms with E-state index >= 15 is 0 Å². The van der Waals surface area contributed by atoms with Crippen LogP contribution in [0.2, 0.25) is 0 Å². The van der Waals surface area contributed by atoms with E-state index in [1.165, 1.54) is 24.3 Å². The molecular weight excluding hydrogens is 321 g/mol. The monoisotopic (exact) mass is 345 g/mol. The Morgan fingerprint density at radius 1 is 1.17 bits per heavy atom. The van der Waals surface area contributed by atoms with Crippen molar-refractivity contribution in [2.24, 2.45) is 0 Å². The highest BCUT2D eigenvalue weighted by Gasteiger charge is 2.07. The molecule has 0 radical (unpaired) electrons. The minimum absolute atomic E-state index is 0. The van der Waals surface area contributed by atoms with Gasteiger partial charge in [-0.3, -0.25) is 9.59 Å². The minimum atomic E-state index is -0.375. The molecule has 2 amide bonds. The first-order chi connectivity index (χ1) is 10.5. The first-order valence-electron chi connectivity index (χ1n) is 7.56. The third-order valence-corrected chi connectivity index (χ3v) is 3.13. The van der Waals surface area contributed by atoms with Crippen molar-refractivity contribution in [1.82, 2.24) is 16.0 Å². The number of hydrogen-bond acceptors (Lipinski definition) is 3. The summed E-state index contributed by atoms with van der Waals surface area (Å²) in [6, 6.07) is 5.59. The van der Waals surface area contributed by atoms with E-state index in [2.05, 4.69) is 16.0 Å². The van der Waals surface area contributed by atoms with E-state index in [9.17, 15) is 14.0 Å². The van der Waals surface area contributed by atoms with Gasteiger partial charge in [0.2, 0.25) is 5.91 Å². The predicted molar refractivity (Wildman–Crippen MR) is 91.4 cm³/mol. The molecule has 23 heavy (non-hydrogen) atoms. The van der Waals surface area contributed by atoms with Gasteiger partial charge < -0.3 is 16.0 Å². The molecule has 0 saturated carbocycles. The minimum Gasteiger partial charge on any atom is -0.355 e. The maximum absolute atomic E-state index is 12.7. The Hall–Kier alpha value is -1.66. The lowest BCUT2D eigenvalue weighted by atomic mass is 10.2. The smallest absolute Gasteiger partial charge is 0.251 e. The summed E-state index contributed by atoms with van der Waals surface area (Å²) in [6.45, 7) is 5.89. The fourth-order valence-corrected chi connectivity index (χ4v) is 1.93. The van der Waals surface area contributed by atoms with Crippen LogP contribution in [0.4, 0.5) is 4.39 Å². The summed E-state index contributed by atoms with van der Waals surface area (Å²) >= 11 is 0. The number of hydrogen-bond donors (Lipinski definition) is 3. The van der Waals surface area contributed by atoms with E-state index in [1.807, 2.05) is 13.8 Å². The van der Waals surface area contributed by atoms with Crippen LogP contribution >= 0.6 is 12.4 Å². The Morgan fingerprint density at radius 3 is 2.43 bits per heavy atom. The number of carbonyl (C=O) groups is 2. The molecule has 0 saturated heterocycles. The van der Waals surface area contributed by atoms with Crippen LogP contribution in [0.15, 0.2) is 24.3 Å². The Kier molecular flexibility index (Phi) is 11.0. The molecule has 5 nitrogen and oxygen atoms in total. The summed E-state index contributed by atoms with van der Waals surface area (Å²) in [4.78, 5) is 23.4. The molecular formula is C16H25ClFN3O2. The average Bonchev–Trinajstić information content (AvgIpc) is 2.50.